The number of aliphatic hydroxyl groups excluding tert-OH is 2. The Morgan fingerprint density at radius 3 is 0.947 bits per heavy atom. The van der Waals surface area contributed by atoms with Gasteiger partial charge in [0, 0.05) is 12.8 Å². The number of nitrogens with one attached hydrogen (secondary N) is 1. The van der Waals surface area contributed by atoms with Gasteiger partial charge in [-0.1, -0.05) is 334 Å². The summed E-state index contributed by atoms with van der Waals surface area (Å²) in [5.74, 6) is -0.0558. The van der Waals surface area contributed by atoms with Crippen molar-refractivity contribution in [2.45, 2.75) is 392 Å². The fourth-order valence-corrected chi connectivity index (χ4v) is 10.7. The smallest absolute Gasteiger partial charge is 0.305 e. The van der Waals surface area contributed by atoms with E-state index in [0.717, 1.165) is 44.9 Å². The molecule has 0 saturated heterocycles. The van der Waals surface area contributed by atoms with Crippen LogP contribution in [0.5, 0.6) is 0 Å². The monoisotopic (exact) mass is 1060 g/mol. The molecule has 2 atom stereocenters. The number of amides is 1. The van der Waals surface area contributed by atoms with E-state index in [2.05, 4.69) is 31.3 Å². The standard InChI is InChI=1S/C69H133NO5/c1-3-5-7-9-11-13-15-17-19-21-27-30-33-37-41-45-49-53-57-61-67(72)66(65-71)70-68(73)62-58-54-50-46-42-38-34-31-28-25-23-22-24-26-29-32-36-40-44-48-52-56-60-64-75-69(74)63-59-55-51-47-43-39-35-20-18-16-14-12-10-8-6-4-2/h25,28,57,61,66-67,71-72H,3-24,26-27,29-56,58-60,62-65H2,1-2H3,(H,70,73)/b28-25-,61-57+. The average Bonchev–Trinajstić information content (AvgIpc) is 3.41. The summed E-state index contributed by atoms with van der Waals surface area (Å²) in [7, 11) is 0. The predicted octanol–water partition coefficient (Wildman–Crippen LogP) is 21.8. The van der Waals surface area contributed by atoms with Crippen molar-refractivity contribution in [3.8, 4) is 0 Å². The summed E-state index contributed by atoms with van der Waals surface area (Å²) in [5.41, 5.74) is 0. The zero-order valence-corrected chi connectivity index (χ0v) is 50.8. The molecule has 0 bridgehead atoms. The van der Waals surface area contributed by atoms with Gasteiger partial charge in [-0.05, 0) is 57.8 Å². The third-order valence-electron chi connectivity index (χ3n) is 16.0. The lowest BCUT2D eigenvalue weighted by Crippen LogP contribution is -2.45. The van der Waals surface area contributed by atoms with Gasteiger partial charge in [0.2, 0.25) is 5.91 Å². The number of hydrogen-bond acceptors (Lipinski definition) is 5. The van der Waals surface area contributed by atoms with Crippen LogP contribution in [0.4, 0.5) is 0 Å². The van der Waals surface area contributed by atoms with Gasteiger partial charge < -0.3 is 20.3 Å². The molecular formula is C69H133NO5. The van der Waals surface area contributed by atoms with Gasteiger partial charge in [-0.3, -0.25) is 9.59 Å². The number of rotatable bonds is 64. The average molecular weight is 1060 g/mol. The minimum atomic E-state index is -0.849. The van der Waals surface area contributed by atoms with Crippen LogP contribution in [0.25, 0.3) is 0 Å². The van der Waals surface area contributed by atoms with Crippen molar-refractivity contribution in [2.75, 3.05) is 13.2 Å². The highest BCUT2D eigenvalue weighted by Crippen LogP contribution is 2.18. The van der Waals surface area contributed by atoms with Crippen molar-refractivity contribution in [2.24, 2.45) is 0 Å². The fraction of sp³-hybridized carbons (Fsp3) is 0.913. The third-order valence-corrected chi connectivity index (χ3v) is 16.0. The van der Waals surface area contributed by atoms with E-state index in [0.29, 0.717) is 19.4 Å². The molecule has 0 aliphatic rings. The summed E-state index contributed by atoms with van der Waals surface area (Å²) < 4.78 is 5.50. The largest absolute Gasteiger partial charge is 0.466 e. The first kappa shape index (κ1) is 73.3. The van der Waals surface area contributed by atoms with E-state index in [1.165, 1.54) is 308 Å². The van der Waals surface area contributed by atoms with Gasteiger partial charge >= 0.3 is 5.97 Å². The van der Waals surface area contributed by atoms with Crippen molar-refractivity contribution in [1.82, 2.24) is 5.32 Å². The van der Waals surface area contributed by atoms with Crippen molar-refractivity contribution < 1.29 is 24.5 Å². The van der Waals surface area contributed by atoms with Gasteiger partial charge in [0.05, 0.1) is 25.4 Å². The second kappa shape index (κ2) is 64.9. The highest BCUT2D eigenvalue weighted by Gasteiger charge is 2.18. The number of hydrogen-bond donors (Lipinski definition) is 3. The summed E-state index contributed by atoms with van der Waals surface area (Å²) in [5, 5.41) is 23.2. The summed E-state index contributed by atoms with van der Waals surface area (Å²) in [6.07, 6.45) is 81.0. The van der Waals surface area contributed by atoms with Gasteiger partial charge in [0.1, 0.15) is 0 Å². The number of aliphatic hydroxyl groups is 2. The maximum Gasteiger partial charge on any atom is 0.305 e. The molecule has 0 aromatic carbocycles. The Hall–Kier alpha value is -1.66. The van der Waals surface area contributed by atoms with Crippen LogP contribution in [0, 0.1) is 0 Å². The number of allylic oxidation sites excluding steroid dienone is 3. The van der Waals surface area contributed by atoms with Crippen LogP contribution in [0.2, 0.25) is 0 Å². The normalized spacial score (nSPS) is 12.6. The Labute approximate surface area is 469 Å². The molecule has 2 unspecified atom stereocenters. The predicted molar refractivity (Wildman–Crippen MR) is 329 cm³/mol. The summed E-state index contributed by atoms with van der Waals surface area (Å²) in [4.78, 5) is 24.6. The Morgan fingerprint density at radius 2 is 0.627 bits per heavy atom. The van der Waals surface area contributed by atoms with Crippen LogP contribution in [0.3, 0.4) is 0 Å². The lowest BCUT2D eigenvalue weighted by molar-refractivity contribution is -0.143. The Balaban J connectivity index is 3.42. The van der Waals surface area contributed by atoms with Crippen LogP contribution in [-0.4, -0.2) is 47.4 Å². The highest BCUT2D eigenvalue weighted by molar-refractivity contribution is 5.76. The minimum absolute atomic E-state index is 0.0151. The zero-order chi connectivity index (χ0) is 54.3. The molecule has 0 fully saturated rings. The van der Waals surface area contributed by atoms with Crippen LogP contribution < -0.4 is 5.32 Å². The van der Waals surface area contributed by atoms with Crippen molar-refractivity contribution >= 4 is 11.9 Å². The molecule has 0 saturated carbocycles. The SMILES string of the molecule is CCCCCCCCCCCCCCCCCCC/C=C/C(O)C(CO)NC(=O)CCCCCCCCC/C=C\CCCCCCCCCCCCCCOC(=O)CCCCCCCCCCCCCCCCCC. The van der Waals surface area contributed by atoms with E-state index in [-0.39, 0.29) is 18.5 Å². The lowest BCUT2D eigenvalue weighted by Gasteiger charge is -2.20. The second-order valence-corrected chi connectivity index (χ2v) is 23.5. The Kier molecular flexibility index (Phi) is 63.4. The maximum atomic E-state index is 12.5. The molecule has 0 spiro atoms. The molecule has 6 nitrogen and oxygen atoms in total. The third kappa shape index (κ3) is 61.4. The quantitative estimate of drug-likeness (QED) is 0.0320. The molecule has 75 heavy (non-hydrogen) atoms. The first-order chi connectivity index (χ1) is 37.0. The first-order valence-electron chi connectivity index (χ1n) is 34.1. The number of ether oxygens (including phenoxy) is 1. The molecule has 0 aromatic rings. The highest BCUT2D eigenvalue weighted by atomic mass is 16.5. The maximum absolute atomic E-state index is 12.5. The van der Waals surface area contributed by atoms with Gasteiger partial charge in [-0.25, -0.2) is 0 Å². The lowest BCUT2D eigenvalue weighted by atomic mass is 10.0. The molecule has 3 N–H and O–H groups in total. The van der Waals surface area contributed by atoms with Crippen molar-refractivity contribution in [3.05, 3.63) is 24.3 Å². The van der Waals surface area contributed by atoms with Crippen LogP contribution in [0.15, 0.2) is 24.3 Å². The van der Waals surface area contributed by atoms with Gasteiger partial charge in [0.25, 0.3) is 0 Å². The van der Waals surface area contributed by atoms with E-state index in [4.69, 9.17) is 4.74 Å². The fourth-order valence-electron chi connectivity index (χ4n) is 10.7. The molecule has 0 aromatic heterocycles. The summed E-state index contributed by atoms with van der Waals surface area (Å²) in [6, 6.07) is -0.633. The Bertz CT molecular complexity index is 1170. The van der Waals surface area contributed by atoms with Crippen LogP contribution in [-0.2, 0) is 14.3 Å². The van der Waals surface area contributed by atoms with Crippen molar-refractivity contribution in [3.63, 3.8) is 0 Å². The molecule has 0 radical (unpaired) electrons. The van der Waals surface area contributed by atoms with Gasteiger partial charge in [-0.2, -0.15) is 0 Å². The van der Waals surface area contributed by atoms with Gasteiger partial charge in [0.15, 0.2) is 0 Å². The number of unbranched alkanes of at least 4 members (excludes halogenated alkanes) is 51. The van der Waals surface area contributed by atoms with E-state index in [9.17, 15) is 19.8 Å². The molecule has 0 aliphatic carbocycles. The second-order valence-electron chi connectivity index (χ2n) is 23.5. The summed E-state index contributed by atoms with van der Waals surface area (Å²) in [6.45, 7) is 4.94. The van der Waals surface area contributed by atoms with E-state index in [1.807, 2.05) is 6.08 Å². The Morgan fingerprint density at radius 1 is 0.360 bits per heavy atom. The van der Waals surface area contributed by atoms with E-state index < -0.39 is 12.1 Å². The van der Waals surface area contributed by atoms with Crippen molar-refractivity contribution in [1.29, 1.82) is 0 Å². The molecule has 444 valence electrons. The minimum Gasteiger partial charge on any atom is -0.466 e. The molecular weight excluding hydrogens is 923 g/mol. The van der Waals surface area contributed by atoms with Crippen LogP contribution >= 0.6 is 0 Å². The van der Waals surface area contributed by atoms with E-state index in [1.54, 1.807) is 6.08 Å². The molecule has 1 amide bonds. The molecule has 6 heteroatoms. The molecule has 0 aliphatic heterocycles. The van der Waals surface area contributed by atoms with E-state index >= 15 is 0 Å². The first-order valence-corrected chi connectivity index (χ1v) is 34.1. The number of carbonyl (C=O) groups excluding carboxylic acids is 2. The molecule has 0 rings (SSSR count). The van der Waals surface area contributed by atoms with Gasteiger partial charge in [-0.15, -0.1) is 0 Å². The topological polar surface area (TPSA) is 95.9 Å². The zero-order valence-electron chi connectivity index (χ0n) is 50.8. The summed E-state index contributed by atoms with van der Waals surface area (Å²) >= 11 is 0. The number of carbonyl (C=O) groups is 2. The number of esters is 1. The van der Waals surface area contributed by atoms with Crippen LogP contribution in [0.1, 0.15) is 380 Å². The molecule has 0 heterocycles.